The summed E-state index contributed by atoms with van der Waals surface area (Å²) in [5.41, 5.74) is -9.81. The molecule has 14 nitrogen and oxygen atoms in total. The number of ether oxygens (including phenoxy) is 5. The van der Waals surface area contributed by atoms with Crippen LogP contribution in [0.15, 0.2) is 23.8 Å². The summed E-state index contributed by atoms with van der Waals surface area (Å²) in [5, 5.41) is 46.8. The molecule has 1 saturated heterocycles. The molecular formula is C30H42O14. The third-order valence-corrected chi connectivity index (χ3v) is 8.79. The van der Waals surface area contributed by atoms with Gasteiger partial charge in [-0.3, -0.25) is 19.2 Å². The molecule has 0 unspecified atom stereocenters. The molecule has 1 fully saturated rings. The van der Waals surface area contributed by atoms with Crippen LogP contribution in [0.2, 0.25) is 0 Å². The lowest BCUT2D eigenvalue weighted by Crippen LogP contribution is -2.74. The van der Waals surface area contributed by atoms with Crippen LogP contribution < -0.4 is 0 Å². The largest absolute Gasteiger partial charge is 0.459 e. The summed E-state index contributed by atoms with van der Waals surface area (Å²) in [6.07, 6.45) is -6.44. The molecule has 0 bridgehead atoms. The van der Waals surface area contributed by atoms with Gasteiger partial charge in [0.1, 0.15) is 12.2 Å². The number of hydrogen-bond acceptors (Lipinski definition) is 14. The van der Waals surface area contributed by atoms with Crippen LogP contribution in [0.1, 0.15) is 68.2 Å². The Kier molecular flexibility index (Phi) is 9.76. The van der Waals surface area contributed by atoms with Crippen molar-refractivity contribution >= 4 is 29.8 Å². The van der Waals surface area contributed by atoms with Crippen molar-refractivity contribution < 1.29 is 68.1 Å². The molecule has 0 saturated carbocycles. The number of fused-ring (bicyclic) bond motifs is 2. The predicted molar refractivity (Wildman–Crippen MR) is 148 cm³/mol. The molecular weight excluding hydrogens is 584 g/mol. The van der Waals surface area contributed by atoms with Crippen LogP contribution in [-0.2, 0) is 47.7 Å². The van der Waals surface area contributed by atoms with Gasteiger partial charge < -0.3 is 44.1 Å². The Hall–Kier alpha value is -3.33. The molecule has 3 rings (SSSR count). The summed E-state index contributed by atoms with van der Waals surface area (Å²) < 4.78 is 28.3. The third kappa shape index (κ3) is 5.87. The standard InChI is InChI=1S/C30H42O14/c1-9-10-20(35)44-22-21(40-15(3)31)14(2)13-19-30(39,29(8,38)26(36)43-19)25(42-17(5)33)23-27(6,24(22)41-16(4)32)12-11-18(34)28(23,7)37/h11-13,18-19,21-25,34,37-39H,9-10H2,1-8H3/b14-13-/t18-,19+,21+,22+,23-,24+,25-,27+,28-,29-,30+/m1/s1. The Morgan fingerprint density at radius 2 is 1.45 bits per heavy atom. The zero-order valence-electron chi connectivity index (χ0n) is 26.1. The van der Waals surface area contributed by atoms with Gasteiger partial charge in [0, 0.05) is 38.5 Å². The lowest BCUT2D eigenvalue weighted by molar-refractivity contribution is -0.264. The molecule has 1 aliphatic heterocycles. The summed E-state index contributed by atoms with van der Waals surface area (Å²) >= 11 is 0. The van der Waals surface area contributed by atoms with E-state index in [4.69, 9.17) is 23.7 Å². The van der Waals surface area contributed by atoms with E-state index in [9.17, 15) is 44.4 Å². The van der Waals surface area contributed by atoms with Crippen LogP contribution in [0.4, 0.5) is 0 Å². The average Bonchev–Trinajstić information content (AvgIpc) is 3.05. The number of carbonyl (C=O) groups is 5. The van der Waals surface area contributed by atoms with E-state index in [1.54, 1.807) is 6.92 Å². The fourth-order valence-corrected chi connectivity index (χ4v) is 6.62. The maximum atomic E-state index is 13.1. The van der Waals surface area contributed by atoms with Crippen LogP contribution >= 0.6 is 0 Å². The monoisotopic (exact) mass is 626 g/mol. The van der Waals surface area contributed by atoms with Crippen molar-refractivity contribution in [3.63, 3.8) is 0 Å². The first-order valence-corrected chi connectivity index (χ1v) is 14.3. The van der Waals surface area contributed by atoms with Gasteiger partial charge in [-0.1, -0.05) is 26.0 Å². The number of rotatable bonds is 6. The van der Waals surface area contributed by atoms with Gasteiger partial charge >= 0.3 is 29.8 Å². The Bertz CT molecular complexity index is 1250. The first-order chi connectivity index (χ1) is 20.2. The smallest absolute Gasteiger partial charge is 0.341 e. The molecule has 0 radical (unpaired) electrons. The van der Waals surface area contributed by atoms with Crippen molar-refractivity contribution in [1.29, 1.82) is 0 Å². The molecule has 0 amide bonds. The summed E-state index contributed by atoms with van der Waals surface area (Å²) in [5.74, 6) is -6.54. The molecule has 1 heterocycles. The van der Waals surface area contributed by atoms with E-state index >= 15 is 0 Å². The fourth-order valence-electron chi connectivity index (χ4n) is 6.62. The Morgan fingerprint density at radius 3 is 1.98 bits per heavy atom. The molecule has 0 aromatic heterocycles. The number of carbonyl (C=O) groups excluding carboxylic acids is 5. The minimum absolute atomic E-state index is 0.0378. The Morgan fingerprint density at radius 1 is 0.909 bits per heavy atom. The van der Waals surface area contributed by atoms with Crippen LogP contribution in [-0.4, -0.2) is 104 Å². The second kappa shape index (κ2) is 12.2. The maximum absolute atomic E-state index is 13.1. The third-order valence-electron chi connectivity index (χ3n) is 8.79. The molecule has 3 aliphatic rings. The van der Waals surface area contributed by atoms with Crippen molar-refractivity contribution in [3.05, 3.63) is 23.8 Å². The van der Waals surface area contributed by atoms with E-state index in [-0.39, 0.29) is 12.0 Å². The second-order valence-electron chi connectivity index (χ2n) is 12.3. The Balaban J connectivity index is 2.56. The molecule has 0 aromatic rings. The highest BCUT2D eigenvalue weighted by atomic mass is 16.6. The van der Waals surface area contributed by atoms with Gasteiger partial charge in [-0.15, -0.1) is 0 Å². The van der Waals surface area contributed by atoms with E-state index in [0.29, 0.717) is 6.42 Å². The molecule has 11 atom stereocenters. The maximum Gasteiger partial charge on any atom is 0.341 e. The Labute approximate surface area is 254 Å². The highest BCUT2D eigenvalue weighted by molar-refractivity contribution is 5.84. The minimum atomic E-state index is -2.86. The van der Waals surface area contributed by atoms with Gasteiger partial charge in [0.15, 0.2) is 35.6 Å². The van der Waals surface area contributed by atoms with Gasteiger partial charge in [-0.2, -0.15) is 0 Å². The number of aliphatic hydroxyl groups is 4. The summed E-state index contributed by atoms with van der Waals surface area (Å²) in [6, 6.07) is 0. The van der Waals surface area contributed by atoms with Gasteiger partial charge in [-0.05, 0) is 38.8 Å². The molecule has 0 aromatic carbocycles. The van der Waals surface area contributed by atoms with Gasteiger partial charge in [0.25, 0.3) is 0 Å². The molecule has 246 valence electrons. The highest BCUT2D eigenvalue weighted by Gasteiger charge is 2.75. The summed E-state index contributed by atoms with van der Waals surface area (Å²) in [4.78, 5) is 63.8. The van der Waals surface area contributed by atoms with Crippen molar-refractivity contribution in [2.24, 2.45) is 11.3 Å². The fraction of sp³-hybridized carbons (Fsp3) is 0.700. The van der Waals surface area contributed by atoms with Crippen LogP contribution in [0.5, 0.6) is 0 Å². The van der Waals surface area contributed by atoms with Crippen LogP contribution in [0.3, 0.4) is 0 Å². The van der Waals surface area contributed by atoms with Crippen molar-refractivity contribution in [2.45, 2.75) is 122 Å². The lowest BCUT2D eigenvalue weighted by atomic mass is 9.53. The minimum Gasteiger partial charge on any atom is -0.459 e. The molecule has 4 N–H and O–H groups in total. The van der Waals surface area contributed by atoms with Crippen LogP contribution in [0, 0.1) is 11.3 Å². The average molecular weight is 627 g/mol. The number of aliphatic hydroxyl groups excluding tert-OH is 1. The molecule has 14 heteroatoms. The van der Waals surface area contributed by atoms with Crippen molar-refractivity contribution in [3.8, 4) is 0 Å². The SMILES string of the molecule is CCCC(=O)O[C@H]1[C@@H](OC(C)=O)/C(C)=C\[C@@H]2OC(=O)[C@@](C)(O)[C@@]2(O)[C@H](OC(C)=O)[C@H]2[C@](C)(O)[C@H](O)C=C[C@]2(C)[C@H]1OC(C)=O. The van der Waals surface area contributed by atoms with E-state index in [1.165, 1.54) is 26.0 Å². The quantitative estimate of drug-likeness (QED) is 0.176. The first kappa shape index (κ1) is 35.2. The van der Waals surface area contributed by atoms with Gasteiger partial charge in [0.2, 0.25) is 0 Å². The van der Waals surface area contributed by atoms with E-state index in [0.717, 1.165) is 40.7 Å². The molecule has 0 spiro atoms. The molecule has 44 heavy (non-hydrogen) atoms. The topological polar surface area (TPSA) is 212 Å². The van der Waals surface area contributed by atoms with Crippen molar-refractivity contribution in [1.82, 2.24) is 0 Å². The normalized spacial score (nSPS) is 42.9. The van der Waals surface area contributed by atoms with Gasteiger partial charge in [-0.25, -0.2) is 4.79 Å². The lowest BCUT2D eigenvalue weighted by Gasteiger charge is -2.57. The first-order valence-electron chi connectivity index (χ1n) is 14.3. The highest BCUT2D eigenvalue weighted by Crippen LogP contribution is 2.56. The van der Waals surface area contributed by atoms with E-state index < -0.39 is 94.6 Å². The van der Waals surface area contributed by atoms with E-state index in [1.807, 2.05) is 0 Å². The molecule has 2 aliphatic carbocycles. The number of hydrogen-bond donors (Lipinski definition) is 4. The number of esters is 5. The van der Waals surface area contributed by atoms with Crippen LogP contribution in [0.25, 0.3) is 0 Å². The summed E-state index contributed by atoms with van der Waals surface area (Å²) in [7, 11) is 0. The zero-order chi connectivity index (χ0) is 33.6. The van der Waals surface area contributed by atoms with Crippen molar-refractivity contribution in [2.75, 3.05) is 0 Å². The van der Waals surface area contributed by atoms with Gasteiger partial charge in [0.05, 0.1) is 5.60 Å². The summed E-state index contributed by atoms with van der Waals surface area (Å²) in [6.45, 7) is 9.76. The zero-order valence-corrected chi connectivity index (χ0v) is 26.1. The predicted octanol–water partition coefficient (Wildman–Crippen LogP) is 0.165. The second-order valence-corrected chi connectivity index (χ2v) is 12.3. The van der Waals surface area contributed by atoms with E-state index in [2.05, 4.69) is 0 Å².